The molecule has 2 aromatic carbocycles. The summed E-state index contributed by atoms with van der Waals surface area (Å²) in [4.78, 5) is 24.7. The van der Waals surface area contributed by atoms with E-state index in [2.05, 4.69) is 6.07 Å². The van der Waals surface area contributed by atoms with Crippen molar-refractivity contribution >= 4 is 66.3 Å². The number of carbonyl (C=O) groups excluding carboxylic acids is 1. The van der Waals surface area contributed by atoms with Crippen LogP contribution in [0.15, 0.2) is 64.2 Å². The number of aliphatic carboxylic acids is 1. The van der Waals surface area contributed by atoms with Gasteiger partial charge in [0.2, 0.25) is 5.91 Å². The van der Waals surface area contributed by atoms with Gasteiger partial charge in [0.1, 0.15) is 21.2 Å². The largest absolute Gasteiger partial charge is 0.490 e. The third-order valence-electron chi connectivity index (χ3n) is 6.58. The van der Waals surface area contributed by atoms with E-state index in [1.54, 1.807) is 30.0 Å². The molecule has 2 aromatic heterocycles. The summed E-state index contributed by atoms with van der Waals surface area (Å²) in [5, 5.41) is 19.4. The van der Waals surface area contributed by atoms with E-state index in [-0.39, 0.29) is 16.7 Å². The van der Waals surface area contributed by atoms with Crippen LogP contribution in [0.25, 0.3) is 10.1 Å². The minimum Gasteiger partial charge on any atom is -0.475 e. The van der Waals surface area contributed by atoms with Gasteiger partial charge in [-0.15, -0.1) is 22.7 Å². The third kappa shape index (κ3) is 7.36. The zero-order valence-corrected chi connectivity index (χ0v) is 25.5. The highest BCUT2D eigenvalue weighted by Crippen LogP contribution is 2.39. The van der Waals surface area contributed by atoms with Crippen LogP contribution in [0.5, 0.6) is 0 Å². The van der Waals surface area contributed by atoms with Gasteiger partial charge in [-0.05, 0) is 65.1 Å². The van der Waals surface area contributed by atoms with E-state index in [1.807, 2.05) is 41.8 Å². The lowest BCUT2D eigenvalue weighted by Crippen LogP contribution is -2.44. The van der Waals surface area contributed by atoms with Crippen LogP contribution in [0.1, 0.15) is 28.0 Å². The highest BCUT2D eigenvalue weighted by atomic mass is 35.5. The molecular formula is C28H23ClF3N3O5S3. The first-order valence-electron chi connectivity index (χ1n) is 12.5. The maximum atomic E-state index is 14.2. The van der Waals surface area contributed by atoms with Crippen LogP contribution in [0, 0.1) is 18.3 Å². The summed E-state index contributed by atoms with van der Waals surface area (Å²) >= 11 is 8.72. The number of likely N-dealkylation sites (tertiary alicyclic amines) is 1. The number of halogens is 4. The van der Waals surface area contributed by atoms with Gasteiger partial charge in [0, 0.05) is 29.4 Å². The molecule has 8 nitrogen and oxygen atoms in total. The Labute approximate surface area is 258 Å². The molecule has 1 aliphatic heterocycles. The molecule has 5 rings (SSSR count). The fourth-order valence-electron chi connectivity index (χ4n) is 4.53. The first-order valence-corrected chi connectivity index (χ1v) is 16.0. The highest BCUT2D eigenvalue weighted by molar-refractivity contribution is 7.91. The average Bonchev–Trinajstić information content (AvgIpc) is 3.66. The van der Waals surface area contributed by atoms with Crippen molar-refractivity contribution in [1.82, 2.24) is 9.21 Å². The van der Waals surface area contributed by atoms with Gasteiger partial charge in [-0.25, -0.2) is 13.2 Å². The van der Waals surface area contributed by atoms with Crippen LogP contribution < -0.4 is 0 Å². The van der Waals surface area contributed by atoms with Crippen LogP contribution in [0.3, 0.4) is 0 Å². The zero-order chi connectivity index (χ0) is 31.5. The Hall–Kier alpha value is -3.48. The Morgan fingerprint density at radius 2 is 1.86 bits per heavy atom. The molecule has 0 unspecified atom stereocenters. The number of rotatable bonds is 7. The summed E-state index contributed by atoms with van der Waals surface area (Å²) in [5.74, 6) is -2.98. The van der Waals surface area contributed by atoms with Crippen molar-refractivity contribution in [3.63, 3.8) is 0 Å². The van der Waals surface area contributed by atoms with Gasteiger partial charge in [0.25, 0.3) is 10.0 Å². The first kappa shape index (κ1) is 32.4. The smallest absolute Gasteiger partial charge is 0.475 e. The predicted molar refractivity (Wildman–Crippen MR) is 157 cm³/mol. The maximum Gasteiger partial charge on any atom is 0.490 e. The van der Waals surface area contributed by atoms with Gasteiger partial charge in [0.15, 0.2) is 0 Å². The molecule has 226 valence electrons. The molecule has 3 heterocycles. The Morgan fingerprint density at radius 1 is 1.19 bits per heavy atom. The topological polar surface area (TPSA) is 119 Å². The van der Waals surface area contributed by atoms with Crippen molar-refractivity contribution in [2.24, 2.45) is 0 Å². The summed E-state index contributed by atoms with van der Waals surface area (Å²) in [7, 11) is -4.00. The van der Waals surface area contributed by atoms with E-state index in [4.69, 9.17) is 26.8 Å². The molecule has 43 heavy (non-hydrogen) atoms. The number of alkyl halides is 3. The number of nitrogens with zero attached hydrogens (tertiary/aromatic N) is 3. The lowest BCUT2D eigenvalue weighted by Gasteiger charge is -2.27. The van der Waals surface area contributed by atoms with Crippen LogP contribution >= 0.6 is 34.3 Å². The van der Waals surface area contributed by atoms with E-state index in [0.29, 0.717) is 35.0 Å². The Kier molecular flexibility index (Phi) is 9.83. The molecular weight excluding hydrogens is 647 g/mol. The number of carboxylic acids is 1. The molecule has 1 amide bonds. The minimum absolute atomic E-state index is 0.0961. The molecule has 0 spiro atoms. The van der Waals surface area contributed by atoms with E-state index >= 15 is 0 Å². The van der Waals surface area contributed by atoms with Crippen LogP contribution in [-0.4, -0.2) is 53.4 Å². The molecule has 0 bridgehead atoms. The van der Waals surface area contributed by atoms with Crippen molar-refractivity contribution in [2.45, 2.75) is 42.9 Å². The average molecular weight is 670 g/mol. The number of benzene rings is 2. The van der Waals surface area contributed by atoms with Crippen molar-refractivity contribution in [3.05, 3.63) is 86.6 Å². The Bertz CT molecular complexity index is 1800. The fraction of sp³-hybridized carbons (Fsp3) is 0.250. The van der Waals surface area contributed by atoms with E-state index in [0.717, 1.165) is 21.2 Å². The molecule has 1 N–H and O–H groups in total. The maximum absolute atomic E-state index is 14.2. The van der Waals surface area contributed by atoms with Gasteiger partial charge in [0.05, 0.1) is 0 Å². The summed E-state index contributed by atoms with van der Waals surface area (Å²) < 4.78 is 62.5. The van der Waals surface area contributed by atoms with Gasteiger partial charge in [-0.3, -0.25) is 4.79 Å². The second kappa shape index (κ2) is 13.0. The normalized spacial score (nSPS) is 15.4. The molecule has 1 atom stereocenters. The minimum atomic E-state index is -5.08. The lowest BCUT2D eigenvalue weighted by molar-refractivity contribution is -0.192. The monoisotopic (exact) mass is 669 g/mol. The van der Waals surface area contributed by atoms with Gasteiger partial charge >= 0.3 is 12.1 Å². The van der Waals surface area contributed by atoms with Crippen LogP contribution in [-0.2, 0) is 32.7 Å². The van der Waals surface area contributed by atoms with Crippen LogP contribution in [0.4, 0.5) is 13.2 Å². The van der Waals surface area contributed by atoms with Gasteiger partial charge in [-0.2, -0.15) is 22.7 Å². The number of hydrogen-bond acceptors (Lipinski definition) is 7. The first-order chi connectivity index (χ1) is 20.2. The summed E-state index contributed by atoms with van der Waals surface area (Å²) in [6.45, 7) is 2.68. The number of aryl methyl sites for hydroxylation is 1. The second-order valence-corrected chi connectivity index (χ2v) is 14.0. The predicted octanol–water partition coefficient (Wildman–Crippen LogP) is 6.42. The highest BCUT2D eigenvalue weighted by Gasteiger charge is 2.43. The van der Waals surface area contributed by atoms with Crippen LogP contribution in [0.2, 0.25) is 5.02 Å². The Balaban J connectivity index is 0.000000541. The quantitative estimate of drug-likeness (QED) is 0.243. The fourth-order valence-corrected chi connectivity index (χ4v) is 8.86. The molecule has 0 aliphatic carbocycles. The molecule has 1 fully saturated rings. The van der Waals surface area contributed by atoms with E-state index < -0.39 is 28.2 Å². The van der Waals surface area contributed by atoms with Crippen molar-refractivity contribution in [1.29, 1.82) is 5.26 Å². The third-order valence-corrected chi connectivity index (χ3v) is 11.4. The van der Waals surface area contributed by atoms with E-state index in [9.17, 15) is 26.4 Å². The van der Waals surface area contributed by atoms with Gasteiger partial charge < -0.3 is 10.0 Å². The molecule has 15 heteroatoms. The number of fused-ring (bicyclic) bond motifs is 1. The standard InChI is InChI=1S/C26H22ClN3O3S3.C2HF3O2/c1-17-22-12-20(27)7-8-24(22)35-26(17)36(32,33)30(15-18-5-3-2-4-6-18)23-9-10-29(25(23)31)14-19-11-21(13-28)34-16-19;3-2(4,5)1(6)7/h2-8,11-12,16,23H,9-10,14-15H2,1H3;(H,6,7)/t23-;/m0./s1. The number of amides is 1. The molecule has 4 aromatic rings. The second-order valence-electron chi connectivity index (χ2n) is 9.49. The Morgan fingerprint density at radius 3 is 2.47 bits per heavy atom. The van der Waals surface area contributed by atoms with Gasteiger partial charge in [-0.1, -0.05) is 41.9 Å². The molecule has 1 saturated heterocycles. The molecule has 0 radical (unpaired) electrons. The number of thiophene rings is 2. The SMILES string of the molecule is Cc1c(S(=O)(=O)N(Cc2ccccc2)[C@H]2CCN(Cc3csc(C#N)c3)C2=O)sc2ccc(Cl)cc12.O=C(O)C(F)(F)F. The van der Waals surface area contributed by atoms with Crippen molar-refractivity contribution in [2.75, 3.05) is 6.54 Å². The summed E-state index contributed by atoms with van der Waals surface area (Å²) in [6.07, 6.45) is -4.68. The molecule has 0 saturated carbocycles. The number of sulfonamides is 1. The number of carbonyl (C=O) groups is 2. The van der Waals surface area contributed by atoms with E-state index in [1.165, 1.54) is 27.0 Å². The number of hydrogen-bond donors (Lipinski definition) is 1. The summed E-state index contributed by atoms with van der Waals surface area (Å²) in [5.41, 5.74) is 2.33. The zero-order valence-electron chi connectivity index (χ0n) is 22.3. The lowest BCUT2D eigenvalue weighted by atomic mass is 10.2. The van der Waals surface area contributed by atoms with Crippen molar-refractivity contribution in [3.8, 4) is 6.07 Å². The van der Waals surface area contributed by atoms with Crippen molar-refractivity contribution < 1.29 is 36.3 Å². The molecule has 1 aliphatic rings. The summed E-state index contributed by atoms with van der Waals surface area (Å²) in [6, 6.07) is 17.8. The number of carboxylic acid groups (broad SMARTS) is 1. The number of nitriles is 1.